The van der Waals surface area contributed by atoms with Gasteiger partial charge in [0.15, 0.2) is 0 Å². The minimum Gasteiger partial charge on any atom is -0.341 e. The summed E-state index contributed by atoms with van der Waals surface area (Å²) < 4.78 is 0. The van der Waals surface area contributed by atoms with Crippen molar-refractivity contribution in [2.45, 2.75) is 6.04 Å². The lowest BCUT2D eigenvalue weighted by molar-refractivity contribution is 0.0693. The van der Waals surface area contributed by atoms with Crippen LogP contribution in [0.15, 0.2) is 78.9 Å². The number of nitrogens with zero attached hydrogens (tertiary/aromatic N) is 1. The van der Waals surface area contributed by atoms with Gasteiger partial charge in [-0.2, -0.15) is 0 Å². The Morgan fingerprint density at radius 3 is 1.89 bits per heavy atom. The second kappa shape index (κ2) is 7.12. The van der Waals surface area contributed by atoms with Crippen molar-refractivity contribution in [2.24, 2.45) is 0 Å². The average Bonchev–Trinajstić information content (AvgIpc) is 2.96. The number of imide groups is 1. The Hall–Kier alpha value is -3.73. The topological polar surface area (TPSA) is 66.5 Å². The third-order valence-corrected chi connectivity index (χ3v) is 4.89. The van der Waals surface area contributed by atoms with Gasteiger partial charge in [-0.15, -0.1) is 0 Å². The number of carbonyl (C=O) groups is 3. The Labute approximate surface area is 162 Å². The Morgan fingerprint density at radius 2 is 1.32 bits per heavy atom. The molecule has 28 heavy (non-hydrogen) atoms. The van der Waals surface area contributed by atoms with Gasteiger partial charge in [0.05, 0.1) is 17.2 Å². The number of rotatable bonds is 4. The summed E-state index contributed by atoms with van der Waals surface area (Å²) in [6.45, 7) is 0. The van der Waals surface area contributed by atoms with Crippen molar-refractivity contribution >= 4 is 17.7 Å². The van der Waals surface area contributed by atoms with Gasteiger partial charge in [0.25, 0.3) is 17.7 Å². The van der Waals surface area contributed by atoms with Crippen LogP contribution in [-0.2, 0) is 0 Å². The third-order valence-electron chi connectivity index (χ3n) is 4.89. The SMILES string of the molecule is CN1C(=O)c2ccc(C(=O)NC(c3ccccc3)c3ccccc3)cc2C1=O. The fourth-order valence-electron chi connectivity index (χ4n) is 3.37. The molecule has 0 aliphatic carbocycles. The van der Waals surface area contributed by atoms with Gasteiger partial charge >= 0.3 is 0 Å². The first-order valence-electron chi connectivity index (χ1n) is 8.93. The highest BCUT2D eigenvalue weighted by Crippen LogP contribution is 2.25. The van der Waals surface area contributed by atoms with Gasteiger partial charge in [-0.05, 0) is 29.3 Å². The second-order valence-electron chi connectivity index (χ2n) is 6.66. The molecule has 1 aliphatic heterocycles. The van der Waals surface area contributed by atoms with Crippen LogP contribution in [0, 0.1) is 0 Å². The summed E-state index contributed by atoms with van der Waals surface area (Å²) in [4.78, 5) is 38.3. The Balaban J connectivity index is 1.66. The Bertz CT molecular complexity index is 1020. The molecule has 0 fully saturated rings. The number of amides is 3. The van der Waals surface area contributed by atoms with Crippen LogP contribution in [0.2, 0.25) is 0 Å². The number of hydrogen-bond donors (Lipinski definition) is 1. The molecule has 3 aromatic rings. The monoisotopic (exact) mass is 370 g/mol. The maximum Gasteiger partial charge on any atom is 0.261 e. The van der Waals surface area contributed by atoms with E-state index in [4.69, 9.17) is 0 Å². The molecule has 1 heterocycles. The van der Waals surface area contributed by atoms with Crippen LogP contribution >= 0.6 is 0 Å². The number of fused-ring (bicyclic) bond motifs is 1. The lowest BCUT2D eigenvalue weighted by atomic mass is 9.98. The van der Waals surface area contributed by atoms with Crippen molar-refractivity contribution in [2.75, 3.05) is 7.05 Å². The molecular formula is C23H18N2O3. The molecule has 0 radical (unpaired) electrons. The van der Waals surface area contributed by atoms with Crippen molar-refractivity contribution in [1.82, 2.24) is 10.2 Å². The highest BCUT2D eigenvalue weighted by Gasteiger charge is 2.33. The van der Waals surface area contributed by atoms with Crippen molar-refractivity contribution in [1.29, 1.82) is 0 Å². The quantitative estimate of drug-likeness (QED) is 0.716. The molecule has 0 aromatic heterocycles. The van der Waals surface area contributed by atoms with E-state index in [1.54, 1.807) is 6.07 Å². The maximum atomic E-state index is 13.0. The molecule has 0 atom stereocenters. The van der Waals surface area contributed by atoms with Crippen LogP contribution < -0.4 is 5.32 Å². The van der Waals surface area contributed by atoms with Gasteiger partial charge < -0.3 is 5.32 Å². The summed E-state index contributed by atoms with van der Waals surface area (Å²) in [5.74, 6) is -1.05. The van der Waals surface area contributed by atoms with Crippen LogP contribution in [0.1, 0.15) is 48.2 Å². The van der Waals surface area contributed by atoms with Crippen LogP contribution in [0.4, 0.5) is 0 Å². The summed E-state index contributed by atoms with van der Waals surface area (Å²) in [5, 5.41) is 3.05. The number of nitrogens with one attached hydrogen (secondary N) is 1. The predicted octanol–water partition coefficient (Wildman–Crippen LogP) is 3.43. The molecule has 0 spiro atoms. The zero-order valence-electron chi connectivity index (χ0n) is 15.3. The van der Waals surface area contributed by atoms with E-state index < -0.39 is 5.91 Å². The molecular weight excluding hydrogens is 352 g/mol. The number of benzene rings is 3. The smallest absolute Gasteiger partial charge is 0.261 e. The van der Waals surface area contributed by atoms with Crippen LogP contribution in [0.3, 0.4) is 0 Å². The largest absolute Gasteiger partial charge is 0.341 e. The van der Waals surface area contributed by atoms with Crippen LogP contribution in [0.5, 0.6) is 0 Å². The molecule has 5 nitrogen and oxygen atoms in total. The molecule has 138 valence electrons. The molecule has 5 heteroatoms. The van der Waals surface area contributed by atoms with E-state index >= 15 is 0 Å². The van der Waals surface area contributed by atoms with E-state index in [1.165, 1.54) is 19.2 Å². The van der Waals surface area contributed by atoms with Gasteiger partial charge in [-0.25, -0.2) is 0 Å². The molecule has 0 saturated carbocycles. The highest BCUT2D eigenvalue weighted by molar-refractivity contribution is 6.21. The van der Waals surface area contributed by atoms with Gasteiger partial charge in [0.2, 0.25) is 0 Å². The first-order valence-corrected chi connectivity index (χ1v) is 8.93. The molecule has 1 N–H and O–H groups in total. The van der Waals surface area contributed by atoms with E-state index in [0.29, 0.717) is 11.1 Å². The third kappa shape index (κ3) is 3.07. The average molecular weight is 370 g/mol. The summed E-state index contributed by atoms with van der Waals surface area (Å²) in [7, 11) is 1.44. The van der Waals surface area contributed by atoms with E-state index in [-0.39, 0.29) is 23.4 Å². The fraction of sp³-hybridized carbons (Fsp3) is 0.0870. The Morgan fingerprint density at radius 1 is 0.786 bits per heavy atom. The van der Waals surface area contributed by atoms with Crippen molar-refractivity contribution in [3.05, 3.63) is 107 Å². The van der Waals surface area contributed by atoms with Crippen LogP contribution in [-0.4, -0.2) is 29.7 Å². The summed E-state index contributed by atoms with van der Waals surface area (Å²) >= 11 is 0. The zero-order valence-corrected chi connectivity index (χ0v) is 15.3. The normalized spacial score (nSPS) is 13.0. The number of carbonyl (C=O) groups excluding carboxylic acids is 3. The van der Waals surface area contributed by atoms with Gasteiger partial charge in [0.1, 0.15) is 0 Å². The summed E-state index contributed by atoms with van der Waals surface area (Å²) in [5.41, 5.74) is 2.83. The molecule has 0 saturated heterocycles. The van der Waals surface area contributed by atoms with E-state index in [0.717, 1.165) is 16.0 Å². The van der Waals surface area contributed by atoms with Gasteiger partial charge in [0, 0.05) is 12.6 Å². The van der Waals surface area contributed by atoms with Crippen molar-refractivity contribution in [3.63, 3.8) is 0 Å². The summed E-state index contributed by atoms with van der Waals surface area (Å²) in [6.07, 6.45) is 0. The molecule has 3 amide bonds. The van der Waals surface area contributed by atoms with Gasteiger partial charge in [-0.1, -0.05) is 60.7 Å². The first kappa shape index (κ1) is 17.7. The minimum atomic E-state index is -0.391. The first-order chi connectivity index (χ1) is 13.6. The Kier molecular flexibility index (Phi) is 4.49. The standard InChI is InChI=1S/C23H18N2O3/c1-25-22(27)18-13-12-17(14-19(18)23(25)28)21(26)24-20(15-8-4-2-5-9-15)16-10-6-3-7-11-16/h2-14,20H,1H3,(H,24,26). The predicted molar refractivity (Wildman–Crippen MR) is 105 cm³/mol. The molecule has 4 rings (SSSR count). The highest BCUT2D eigenvalue weighted by atomic mass is 16.2. The van der Waals surface area contributed by atoms with E-state index in [9.17, 15) is 14.4 Å². The molecule has 0 bridgehead atoms. The van der Waals surface area contributed by atoms with Gasteiger partial charge in [-0.3, -0.25) is 19.3 Å². The van der Waals surface area contributed by atoms with E-state index in [1.807, 2.05) is 60.7 Å². The lowest BCUT2D eigenvalue weighted by Gasteiger charge is -2.20. The minimum absolute atomic E-state index is 0.260. The zero-order chi connectivity index (χ0) is 19.7. The van der Waals surface area contributed by atoms with Crippen molar-refractivity contribution < 1.29 is 14.4 Å². The molecule has 1 aliphatic rings. The second-order valence-corrected chi connectivity index (χ2v) is 6.66. The number of hydrogen-bond acceptors (Lipinski definition) is 3. The van der Waals surface area contributed by atoms with Crippen LogP contribution in [0.25, 0.3) is 0 Å². The van der Waals surface area contributed by atoms with Crippen molar-refractivity contribution in [3.8, 4) is 0 Å². The maximum absolute atomic E-state index is 13.0. The van der Waals surface area contributed by atoms with E-state index in [2.05, 4.69) is 5.32 Å². The molecule has 3 aromatic carbocycles. The lowest BCUT2D eigenvalue weighted by Crippen LogP contribution is -2.29. The fourth-order valence-corrected chi connectivity index (χ4v) is 3.37. The summed E-state index contributed by atoms with van der Waals surface area (Å²) in [6, 6.07) is 23.6. The molecule has 0 unspecified atom stereocenters.